The number of rotatable bonds is 44. The monoisotopic (exact) mass is 888 g/mol. The van der Waals surface area contributed by atoms with Crippen molar-refractivity contribution < 1.29 is 76.2 Å². The average Bonchev–Trinajstić information content (AvgIpc) is 3.26. The molecule has 0 atom stereocenters. The summed E-state index contributed by atoms with van der Waals surface area (Å²) < 4.78 is 71.3. The molecular formula is C40H64N4O18. The van der Waals surface area contributed by atoms with E-state index < -0.39 is 9.85 Å². The van der Waals surface area contributed by atoms with Crippen molar-refractivity contribution in [1.29, 1.82) is 0 Å². The van der Waals surface area contributed by atoms with Gasteiger partial charge in [0, 0.05) is 25.2 Å². The van der Waals surface area contributed by atoms with Gasteiger partial charge < -0.3 is 72.2 Å². The van der Waals surface area contributed by atoms with E-state index in [2.05, 4.69) is 10.6 Å². The Morgan fingerprint density at radius 3 is 1.13 bits per heavy atom. The maximum absolute atomic E-state index is 11.2. The molecule has 1 amide bonds. The van der Waals surface area contributed by atoms with Crippen LogP contribution in [0.1, 0.15) is 6.92 Å². The number of carbonyl (C=O) groups excluding carboxylic acids is 1. The summed E-state index contributed by atoms with van der Waals surface area (Å²) in [5.74, 6) is 0.587. The number of nitro benzene ring substituents is 2. The van der Waals surface area contributed by atoms with Crippen molar-refractivity contribution in [3.63, 3.8) is 0 Å². The Morgan fingerprint density at radius 2 is 0.806 bits per heavy atom. The van der Waals surface area contributed by atoms with Crippen molar-refractivity contribution in [2.75, 3.05) is 182 Å². The van der Waals surface area contributed by atoms with Gasteiger partial charge >= 0.3 is 0 Å². The molecule has 0 heterocycles. The van der Waals surface area contributed by atoms with E-state index >= 15 is 0 Å². The second kappa shape index (κ2) is 38.5. The van der Waals surface area contributed by atoms with Gasteiger partial charge in [0.1, 0.15) is 18.0 Å². The molecule has 2 aromatic rings. The maximum Gasteiger partial charge on any atom is 0.299 e. The van der Waals surface area contributed by atoms with Gasteiger partial charge in [0.15, 0.2) is 0 Å². The van der Waals surface area contributed by atoms with Crippen LogP contribution in [0.5, 0.6) is 5.75 Å². The Kier molecular flexibility index (Phi) is 33.5. The van der Waals surface area contributed by atoms with E-state index in [9.17, 15) is 25.0 Å². The molecular weight excluding hydrogens is 824 g/mol. The molecule has 0 fully saturated rings. The normalized spacial score (nSPS) is 11.2. The molecule has 0 spiro atoms. The molecule has 0 aliphatic heterocycles. The SMILES string of the molecule is CC(=O)Nc1ccc(OCCOCCOCCOCCOCCOCCOCCOCCOCCOCCOCCOCCOCCNc2ccc([N+](=O)[O-])cc2[N+](=O)[O-])cc1. The smallest absolute Gasteiger partial charge is 0.299 e. The van der Waals surface area contributed by atoms with Crippen molar-refractivity contribution in [3.8, 4) is 5.75 Å². The number of hydrogen-bond acceptors (Lipinski definition) is 19. The van der Waals surface area contributed by atoms with E-state index in [-0.39, 0.29) is 36.1 Å². The molecule has 0 bridgehead atoms. The zero-order valence-corrected chi connectivity index (χ0v) is 35.7. The molecule has 22 nitrogen and oxygen atoms in total. The molecule has 0 aliphatic rings. The highest BCUT2D eigenvalue weighted by molar-refractivity contribution is 5.88. The molecule has 0 radical (unpaired) electrons. The molecule has 22 heteroatoms. The lowest BCUT2D eigenvalue weighted by Crippen LogP contribution is -2.16. The molecule has 0 unspecified atom stereocenters. The zero-order valence-electron chi connectivity index (χ0n) is 35.7. The van der Waals surface area contributed by atoms with Crippen LogP contribution < -0.4 is 15.4 Å². The summed E-state index contributed by atoms with van der Waals surface area (Å²) in [6.45, 7) is 12.6. The summed E-state index contributed by atoms with van der Waals surface area (Å²) in [5, 5.41) is 27.5. The molecule has 352 valence electrons. The van der Waals surface area contributed by atoms with Gasteiger partial charge in [0.2, 0.25) is 5.91 Å². The summed E-state index contributed by atoms with van der Waals surface area (Å²) >= 11 is 0. The lowest BCUT2D eigenvalue weighted by Gasteiger charge is -2.09. The van der Waals surface area contributed by atoms with Crippen molar-refractivity contribution in [3.05, 3.63) is 62.7 Å². The first-order valence-electron chi connectivity index (χ1n) is 20.5. The minimum absolute atomic E-state index is 0.118. The van der Waals surface area contributed by atoms with E-state index in [1.54, 1.807) is 24.3 Å². The standard InChI is InChI=1S/C40H64N4O18/c1-35(45)42-36-2-5-38(6-3-36)62-33-32-61-31-30-60-29-28-59-27-26-58-25-24-57-23-22-56-21-20-55-19-18-54-17-16-53-15-14-52-13-12-51-11-10-50-9-8-41-39-7-4-37(43(46)47)34-40(39)44(48)49/h2-7,34,41H,8-33H2,1H3,(H,42,45). The van der Waals surface area contributed by atoms with Gasteiger partial charge in [-0.1, -0.05) is 0 Å². The Morgan fingerprint density at radius 1 is 0.468 bits per heavy atom. The Labute approximate surface area is 362 Å². The number of nitrogens with one attached hydrogen (secondary N) is 2. The predicted octanol–water partition coefficient (Wildman–Crippen LogP) is 3.15. The number of amides is 1. The Hall–Kier alpha value is -4.17. The van der Waals surface area contributed by atoms with Crippen LogP contribution in [-0.4, -0.2) is 187 Å². The van der Waals surface area contributed by atoms with Gasteiger partial charge in [0.25, 0.3) is 11.4 Å². The third-order valence-electron chi connectivity index (χ3n) is 7.71. The maximum atomic E-state index is 11.2. The fraction of sp³-hybridized carbons (Fsp3) is 0.675. The molecule has 0 aromatic heterocycles. The quantitative estimate of drug-likeness (QED) is 0.0551. The summed E-state index contributed by atoms with van der Waals surface area (Å²) in [5.41, 5.74) is 0.181. The molecule has 0 aliphatic carbocycles. The molecule has 62 heavy (non-hydrogen) atoms. The average molecular weight is 889 g/mol. The Bertz CT molecular complexity index is 1430. The van der Waals surface area contributed by atoms with Crippen LogP contribution in [0.3, 0.4) is 0 Å². The van der Waals surface area contributed by atoms with Crippen LogP contribution in [0.25, 0.3) is 0 Å². The topological polar surface area (TPSA) is 247 Å². The molecule has 2 aromatic carbocycles. The third-order valence-corrected chi connectivity index (χ3v) is 7.71. The van der Waals surface area contributed by atoms with Crippen molar-refractivity contribution in [1.82, 2.24) is 0 Å². The Balaban J connectivity index is 1.17. The summed E-state index contributed by atoms with van der Waals surface area (Å²) in [7, 11) is 0. The van der Waals surface area contributed by atoms with Gasteiger partial charge in [-0.25, -0.2) is 0 Å². The number of carbonyl (C=O) groups is 1. The first-order valence-corrected chi connectivity index (χ1v) is 20.5. The van der Waals surface area contributed by atoms with Crippen LogP contribution in [0, 0.1) is 20.2 Å². The lowest BCUT2D eigenvalue weighted by molar-refractivity contribution is -0.393. The van der Waals surface area contributed by atoms with Crippen molar-refractivity contribution in [2.24, 2.45) is 0 Å². The van der Waals surface area contributed by atoms with Gasteiger partial charge in [0.05, 0.1) is 174 Å². The van der Waals surface area contributed by atoms with Crippen LogP contribution in [-0.2, 0) is 61.6 Å². The highest BCUT2D eigenvalue weighted by Crippen LogP contribution is 2.28. The van der Waals surface area contributed by atoms with Crippen LogP contribution in [0.4, 0.5) is 22.7 Å². The van der Waals surface area contributed by atoms with E-state index in [4.69, 9.17) is 61.6 Å². The van der Waals surface area contributed by atoms with Crippen LogP contribution in [0.15, 0.2) is 42.5 Å². The summed E-state index contributed by atoms with van der Waals surface area (Å²) in [6, 6.07) is 10.6. The largest absolute Gasteiger partial charge is 0.491 e. The van der Waals surface area contributed by atoms with Crippen LogP contribution in [0.2, 0.25) is 0 Å². The third kappa shape index (κ3) is 30.8. The van der Waals surface area contributed by atoms with Gasteiger partial charge in [-0.15, -0.1) is 0 Å². The molecule has 0 saturated carbocycles. The minimum Gasteiger partial charge on any atom is -0.491 e. The fourth-order valence-electron chi connectivity index (χ4n) is 4.77. The minimum atomic E-state index is -0.683. The van der Waals surface area contributed by atoms with E-state index in [0.29, 0.717) is 164 Å². The molecule has 0 saturated heterocycles. The van der Waals surface area contributed by atoms with Gasteiger partial charge in [-0.2, -0.15) is 0 Å². The van der Waals surface area contributed by atoms with Crippen LogP contribution >= 0.6 is 0 Å². The predicted molar refractivity (Wildman–Crippen MR) is 224 cm³/mol. The van der Waals surface area contributed by atoms with E-state index in [1.165, 1.54) is 19.1 Å². The molecule has 2 N–H and O–H groups in total. The summed E-state index contributed by atoms with van der Waals surface area (Å²) in [4.78, 5) is 31.7. The van der Waals surface area contributed by atoms with Gasteiger partial charge in [-0.3, -0.25) is 25.0 Å². The number of nitro groups is 2. The van der Waals surface area contributed by atoms with Crippen molar-refractivity contribution in [2.45, 2.75) is 6.92 Å². The van der Waals surface area contributed by atoms with Crippen molar-refractivity contribution >= 4 is 28.7 Å². The zero-order chi connectivity index (χ0) is 44.6. The number of hydrogen-bond donors (Lipinski definition) is 2. The first kappa shape index (κ1) is 54.0. The highest BCUT2D eigenvalue weighted by atomic mass is 16.6. The number of ether oxygens (including phenoxy) is 13. The number of benzene rings is 2. The number of non-ortho nitro benzene ring substituents is 1. The molecule has 2 rings (SSSR count). The summed E-state index contributed by atoms with van der Waals surface area (Å²) in [6.07, 6.45) is 0. The number of anilines is 2. The second-order valence-electron chi connectivity index (χ2n) is 12.5. The first-order chi connectivity index (χ1) is 30.4. The second-order valence-corrected chi connectivity index (χ2v) is 12.5. The van der Waals surface area contributed by atoms with E-state index in [0.717, 1.165) is 11.8 Å². The lowest BCUT2D eigenvalue weighted by atomic mass is 10.2. The van der Waals surface area contributed by atoms with Gasteiger partial charge in [-0.05, 0) is 30.3 Å². The number of nitrogens with zero attached hydrogens (tertiary/aromatic N) is 2. The fourth-order valence-corrected chi connectivity index (χ4v) is 4.77. The highest BCUT2D eigenvalue weighted by Gasteiger charge is 2.19. The van der Waals surface area contributed by atoms with E-state index in [1.807, 2.05) is 0 Å².